The molecule has 0 unspecified atom stereocenters. The predicted molar refractivity (Wildman–Crippen MR) is 92.5 cm³/mol. The lowest BCUT2D eigenvalue weighted by molar-refractivity contribution is 0.101. The highest BCUT2D eigenvalue weighted by atomic mass is 32.2. The van der Waals surface area contributed by atoms with E-state index in [1.54, 1.807) is 24.8 Å². The molecule has 1 aliphatic rings. The zero-order chi connectivity index (χ0) is 16.7. The minimum atomic E-state index is -0.291. The van der Waals surface area contributed by atoms with Crippen LogP contribution in [0.4, 0.5) is 5.82 Å². The number of carbonyl (C=O) groups excluding carboxylic acids is 1. The van der Waals surface area contributed by atoms with Crippen LogP contribution in [0, 0.1) is 13.8 Å². The molecule has 3 heterocycles. The number of rotatable bonds is 3. The van der Waals surface area contributed by atoms with Gasteiger partial charge in [0, 0.05) is 23.1 Å². The first-order valence-corrected chi connectivity index (χ1v) is 8.77. The molecule has 0 fully saturated rings. The molecule has 0 atom stereocenters. The molecule has 0 saturated carbocycles. The summed E-state index contributed by atoms with van der Waals surface area (Å²) in [7, 11) is 0. The van der Waals surface area contributed by atoms with E-state index in [2.05, 4.69) is 10.5 Å². The molecule has 1 N–H and O–H groups in total. The minimum Gasteiger partial charge on any atom is -0.361 e. The van der Waals surface area contributed by atoms with E-state index in [-0.39, 0.29) is 11.6 Å². The maximum absolute atomic E-state index is 12.5. The molecule has 0 radical (unpaired) electrons. The van der Waals surface area contributed by atoms with E-state index in [4.69, 9.17) is 9.62 Å². The van der Waals surface area contributed by atoms with Gasteiger partial charge in [-0.1, -0.05) is 17.3 Å². The first-order chi connectivity index (χ1) is 11.6. The molecule has 3 aromatic rings. The van der Waals surface area contributed by atoms with Gasteiger partial charge in [0.15, 0.2) is 5.69 Å². The van der Waals surface area contributed by atoms with Gasteiger partial charge in [-0.2, -0.15) is 16.9 Å². The number of aromatic nitrogens is 3. The largest absolute Gasteiger partial charge is 0.361 e. The van der Waals surface area contributed by atoms with Gasteiger partial charge in [-0.05, 0) is 31.5 Å². The summed E-state index contributed by atoms with van der Waals surface area (Å²) in [4.78, 5) is 12.5. The standard InChI is InChI=1S/C17H16N4O2S/c1-10-4-3-5-12(6-10)21-16(13-8-24-9-15(13)19-21)18-17(22)14-7-11(2)23-20-14/h3-7H,8-9H2,1-2H3,(H,18,22). The molecule has 0 saturated heterocycles. The molecule has 122 valence electrons. The van der Waals surface area contributed by atoms with Crippen molar-refractivity contribution >= 4 is 23.5 Å². The van der Waals surface area contributed by atoms with Crippen LogP contribution in [-0.4, -0.2) is 20.8 Å². The van der Waals surface area contributed by atoms with E-state index in [1.807, 2.05) is 35.9 Å². The maximum atomic E-state index is 12.5. The molecular weight excluding hydrogens is 324 g/mol. The Kier molecular flexibility index (Phi) is 3.65. The highest BCUT2D eigenvalue weighted by Gasteiger charge is 2.25. The normalized spacial score (nSPS) is 13.1. The number of nitrogens with zero attached hydrogens (tertiary/aromatic N) is 3. The van der Waals surface area contributed by atoms with Crippen LogP contribution in [0.3, 0.4) is 0 Å². The second kappa shape index (κ2) is 5.83. The quantitative estimate of drug-likeness (QED) is 0.790. The molecule has 1 aliphatic heterocycles. The van der Waals surface area contributed by atoms with Crippen LogP contribution >= 0.6 is 11.8 Å². The van der Waals surface area contributed by atoms with E-state index in [0.717, 1.165) is 34.0 Å². The van der Waals surface area contributed by atoms with E-state index >= 15 is 0 Å². The molecule has 0 aliphatic carbocycles. The molecule has 7 heteroatoms. The van der Waals surface area contributed by atoms with Crippen molar-refractivity contribution in [3.05, 3.63) is 58.6 Å². The molecule has 4 rings (SSSR count). The Morgan fingerprint density at radius 3 is 2.92 bits per heavy atom. The van der Waals surface area contributed by atoms with Crippen molar-refractivity contribution in [3.63, 3.8) is 0 Å². The zero-order valence-electron chi connectivity index (χ0n) is 13.4. The molecule has 24 heavy (non-hydrogen) atoms. The number of aryl methyl sites for hydroxylation is 2. The van der Waals surface area contributed by atoms with Crippen molar-refractivity contribution in [2.24, 2.45) is 0 Å². The van der Waals surface area contributed by atoms with Crippen molar-refractivity contribution in [1.82, 2.24) is 14.9 Å². The van der Waals surface area contributed by atoms with Gasteiger partial charge in [-0.15, -0.1) is 0 Å². The highest BCUT2D eigenvalue weighted by Crippen LogP contribution is 2.36. The number of amides is 1. The van der Waals surface area contributed by atoms with Gasteiger partial charge in [0.25, 0.3) is 5.91 Å². The average molecular weight is 340 g/mol. The third-order valence-electron chi connectivity index (χ3n) is 3.89. The summed E-state index contributed by atoms with van der Waals surface area (Å²) in [6.07, 6.45) is 0. The first kappa shape index (κ1) is 15.0. The second-order valence-electron chi connectivity index (χ2n) is 5.79. The fraction of sp³-hybridized carbons (Fsp3) is 0.235. The summed E-state index contributed by atoms with van der Waals surface area (Å²) in [5, 5.41) is 11.4. The van der Waals surface area contributed by atoms with Gasteiger partial charge in [0.1, 0.15) is 11.6 Å². The van der Waals surface area contributed by atoms with Gasteiger partial charge >= 0.3 is 0 Å². The lowest BCUT2D eigenvalue weighted by Crippen LogP contribution is -2.16. The van der Waals surface area contributed by atoms with Crippen molar-refractivity contribution in [1.29, 1.82) is 0 Å². The third kappa shape index (κ3) is 2.60. The molecule has 1 aromatic carbocycles. The van der Waals surface area contributed by atoms with Crippen LogP contribution in [0.5, 0.6) is 0 Å². The van der Waals surface area contributed by atoms with E-state index < -0.39 is 0 Å². The second-order valence-corrected chi connectivity index (χ2v) is 6.78. The predicted octanol–water partition coefficient (Wildman–Crippen LogP) is 3.48. The summed E-state index contributed by atoms with van der Waals surface area (Å²) in [5.41, 5.74) is 4.44. The third-order valence-corrected chi connectivity index (χ3v) is 4.86. The van der Waals surface area contributed by atoms with Crippen molar-refractivity contribution in [2.75, 3.05) is 5.32 Å². The van der Waals surface area contributed by atoms with Gasteiger partial charge < -0.3 is 9.84 Å². The van der Waals surface area contributed by atoms with Gasteiger partial charge in [-0.3, -0.25) is 4.79 Å². The fourth-order valence-corrected chi connectivity index (χ4v) is 3.77. The number of anilines is 1. The van der Waals surface area contributed by atoms with Crippen molar-refractivity contribution in [2.45, 2.75) is 25.4 Å². The lowest BCUT2D eigenvalue weighted by atomic mass is 10.2. The Bertz CT molecular complexity index is 929. The summed E-state index contributed by atoms with van der Waals surface area (Å²) in [5.74, 6) is 2.73. The topological polar surface area (TPSA) is 73.0 Å². The smallest absolute Gasteiger partial charge is 0.279 e. The summed E-state index contributed by atoms with van der Waals surface area (Å²) in [6, 6.07) is 9.67. The molecular formula is C17H16N4O2S. The lowest BCUT2D eigenvalue weighted by Gasteiger charge is -2.10. The highest BCUT2D eigenvalue weighted by molar-refractivity contribution is 7.98. The van der Waals surface area contributed by atoms with Gasteiger partial charge in [-0.25, -0.2) is 4.68 Å². The molecule has 0 bridgehead atoms. The number of thioether (sulfide) groups is 1. The number of carbonyl (C=O) groups is 1. The molecule has 1 amide bonds. The Labute approximate surface area is 143 Å². The number of benzene rings is 1. The first-order valence-electron chi connectivity index (χ1n) is 7.62. The fourth-order valence-electron chi connectivity index (χ4n) is 2.73. The van der Waals surface area contributed by atoms with Gasteiger partial charge in [0.2, 0.25) is 0 Å². The monoisotopic (exact) mass is 340 g/mol. The maximum Gasteiger partial charge on any atom is 0.279 e. The van der Waals surface area contributed by atoms with Crippen LogP contribution in [-0.2, 0) is 11.5 Å². The molecule has 6 nitrogen and oxygen atoms in total. The van der Waals surface area contributed by atoms with Gasteiger partial charge in [0.05, 0.1) is 11.4 Å². The Morgan fingerprint density at radius 2 is 2.17 bits per heavy atom. The number of hydrogen-bond acceptors (Lipinski definition) is 5. The van der Waals surface area contributed by atoms with Crippen molar-refractivity contribution in [3.8, 4) is 5.69 Å². The Hall–Kier alpha value is -2.54. The zero-order valence-corrected chi connectivity index (χ0v) is 14.2. The number of hydrogen-bond donors (Lipinski definition) is 1. The molecule has 2 aromatic heterocycles. The Morgan fingerprint density at radius 1 is 1.29 bits per heavy atom. The van der Waals surface area contributed by atoms with E-state index in [0.29, 0.717) is 11.6 Å². The van der Waals surface area contributed by atoms with Crippen LogP contribution in [0.2, 0.25) is 0 Å². The van der Waals surface area contributed by atoms with Crippen LogP contribution in [0.1, 0.15) is 33.1 Å². The summed E-state index contributed by atoms with van der Waals surface area (Å²) in [6.45, 7) is 3.79. The van der Waals surface area contributed by atoms with E-state index in [1.165, 1.54) is 0 Å². The number of nitrogens with one attached hydrogen (secondary N) is 1. The SMILES string of the molecule is Cc1cccc(-n2nc3c(c2NC(=O)c2cc(C)on2)CSC3)c1. The minimum absolute atomic E-state index is 0.267. The van der Waals surface area contributed by atoms with Crippen molar-refractivity contribution < 1.29 is 9.32 Å². The number of fused-ring (bicyclic) bond motifs is 1. The summed E-state index contributed by atoms with van der Waals surface area (Å²) >= 11 is 1.80. The van der Waals surface area contributed by atoms with Crippen LogP contribution in [0.25, 0.3) is 5.69 Å². The van der Waals surface area contributed by atoms with Crippen LogP contribution in [0.15, 0.2) is 34.9 Å². The van der Waals surface area contributed by atoms with Crippen LogP contribution < -0.4 is 5.32 Å². The summed E-state index contributed by atoms with van der Waals surface area (Å²) < 4.78 is 6.80. The average Bonchev–Trinajstić information content (AvgIpc) is 3.24. The molecule has 0 spiro atoms. The Balaban J connectivity index is 1.75. The van der Waals surface area contributed by atoms with E-state index in [9.17, 15) is 4.79 Å².